The summed E-state index contributed by atoms with van der Waals surface area (Å²) in [6, 6.07) is 11.3. The number of carbonyl (C=O) groups excluding carboxylic acids is 2. The Bertz CT molecular complexity index is 772. The van der Waals surface area contributed by atoms with Crippen LogP contribution in [0.5, 0.6) is 17.2 Å². The minimum absolute atomic E-state index is 0.298. The van der Waals surface area contributed by atoms with Crippen LogP contribution in [-0.2, 0) is 9.53 Å². The molecule has 2 aromatic carbocycles. The summed E-state index contributed by atoms with van der Waals surface area (Å²) in [5, 5.41) is 0.562. The van der Waals surface area contributed by atoms with Crippen LogP contribution >= 0.6 is 11.6 Å². The van der Waals surface area contributed by atoms with Crippen molar-refractivity contribution in [2.75, 3.05) is 20.8 Å². The normalized spacial score (nSPS) is 11.4. The molecule has 0 spiro atoms. The predicted octanol–water partition coefficient (Wildman–Crippen LogP) is 3.55. The highest BCUT2D eigenvalue weighted by Crippen LogP contribution is 2.25. The summed E-state index contributed by atoms with van der Waals surface area (Å²) in [6.07, 6.45) is -0.873. The summed E-state index contributed by atoms with van der Waals surface area (Å²) in [5.41, 5.74) is 0.298. The molecule has 0 radical (unpaired) electrons. The van der Waals surface area contributed by atoms with Crippen LogP contribution in [-0.4, -0.2) is 38.7 Å². The number of methoxy groups -OCH3 is 2. The first-order chi connectivity index (χ1) is 12.4. The Kier molecular flexibility index (Phi) is 6.86. The summed E-state index contributed by atoms with van der Waals surface area (Å²) >= 11 is 5.79. The van der Waals surface area contributed by atoms with Crippen molar-refractivity contribution in [1.82, 2.24) is 0 Å². The third kappa shape index (κ3) is 5.13. The van der Waals surface area contributed by atoms with Crippen LogP contribution in [0.4, 0.5) is 0 Å². The van der Waals surface area contributed by atoms with E-state index >= 15 is 0 Å². The van der Waals surface area contributed by atoms with Crippen molar-refractivity contribution in [3.63, 3.8) is 0 Å². The first kappa shape index (κ1) is 19.6. The monoisotopic (exact) mass is 378 g/mol. The number of halogens is 1. The first-order valence-corrected chi connectivity index (χ1v) is 8.16. The van der Waals surface area contributed by atoms with E-state index in [1.807, 2.05) is 0 Å². The van der Waals surface area contributed by atoms with Gasteiger partial charge in [0.1, 0.15) is 17.2 Å². The lowest BCUT2D eigenvalue weighted by Crippen LogP contribution is -2.28. The van der Waals surface area contributed by atoms with Crippen LogP contribution < -0.4 is 14.2 Å². The van der Waals surface area contributed by atoms with E-state index in [-0.39, 0.29) is 0 Å². The van der Waals surface area contributed by atoms with E-state index in [1.165, 1.54) is 21.1 Å². The van der Waals surface area contributed by atoms with Gasteiger partial charge < -0.3 is 18.9 Å². The molecular weight excluding hydrogens is 360 g/mol. The molecule has 138 valence electrons. The number of hydrogen-bond acceptors (Lipinski definition) is 6. The van der Waals surface area contributed by atoms with Gasteiger partial charge in [0, 0.05) is 11.1 Å². The number of esters is 1. The Balaban J connectivity index is 1.93. The second-order valence-corrected chi connectivity index (χ2v) is 5.75. The van der Waals surface area contributed by atoms with Crippen molar-refractivity contribution in [2.45, 2.75) is 13.0 Å². The lowest BCUT2D eigenvalue weighted by atomic mass is 10.1. The van der Waals surface area contributed by atoms with E-state index in [4.69, 9.17) is 30.5 Å². The van der Waals surface area contributed by atoms with Gasteiger partial charge in [0.05, 0.1) is 19.8 Å². The number of hydrogen-bond donors (Lipinski definition) is 0. The topological polar surface area (TPSA) is 71.1 Å². The van der Waals surface area contributed by atoms with Crippen molar-refractivity contribution in [3.05, 3.63) is 53.1 Å². The lowest BCUT2D eigenvalue weighted by Gasteiger charge is -2.14. The van der Waals surface area contributed by atoms with Crippen molar-refractivity contribution in [1.29, 1.82) is 0 Å². The van der Waals surface area contributed by atoms with E-state index in [2.05, 4.69) is 0 Å². The minimum Gasteiger partial charge on any atom is -0.497 e. The fourth-order valence-corrected chi connectivity index (χ4v) is 2.25. The standard InChI is InChI=1S/C19H19ClO6/c1-12(26-14-6-4-13(20)5-7-14)19(22)25-11-17(21)16-9-8-15(23-2)10-18(16)24-3/h4-10,12H,11H2,1-3H3/t12-/m0/s1. The van der Waals surface area contributed by atoms with Crippen molar-refractivity contribution in [2.24, 2.45) is 0 Å². The highest BCUT2D eigenvalue weighted by molar-refractivity contribution is 6.30. The number of Topliss-reactive ketones (excluding diaryl/α,β-unsaturated/α-hetero) is 1. The third-order valence-electron chi connectivity index (χ3n) is 3.51. The molecule has 2 rings (SSSR count). The zero-order valence-electron chi connectivity index (χ0n) is 14.7. The van der Waals surface area contributed by atoms with E-state index in [1.54, 1.807) is 42.5 Å². The molecule has 2 aromatic rings. The molecule has 0 saturated heterocycles. The zero-order chi connectivity index (χ0) is 19.1. The van der Waals surface area contributed by atoms with Gasteiger partial charge in [0.15, 0.2) is 12.7 Å². The molecule has 0 aliphatic rings. The maximum atomic E-state index is 12.3. The Morgan fingerprint density at radius 3 is 2.27 bits per heavy atom. The average molecular weight is 379 g/mol. The van der Waals surface area contributed by atoms with Gasteiger partial charge in [-0.25, -0.2) is 4.79 Å². The maximum absolute atomic E-state index is 12.3. The molecule has 0 N–H and O–H groups in total. The third-order valence-corrected chi connectivity index (χ3v) is 3.77. The molecule has 6 nitrogen and oxygen atoms in total. The number of carbonyl (C=O) groups is 2. The largest absolute Gasteiger partial charge is 0.497 e. The summed E-state index contributed by atoms with van der Waals surface area (Å²) in [6.45, 7) is 1.12. The van der Waals surface area contributed by atoms with Crippen LogP contribution in [0.2, 0.25) is 5.02 Å². The Morgan fingerprint density at radius 2 is 1.65 bits per heavy atom. The maximum Gasteiger partial charge on any atom is 0.347 e. The van der Waals surface area contributed by atoms with Gasteiger partial charge in [-0.05, 0) is 43.3 Å². The molecule has 26 heavy (non-hydrogen) atoms. The average Bonchev–Trinajstić information content (AvgIpc) is 2.66. The van der Waals surface area contributed by atoms with Crippen LogP contribution in [0.25, 0.3) is 0 Å². The molecule has 0 saturated carbocycles. The molecule has 0 aliphatic carbocycles. The Morgan fingerprint density at radius 1 is 1.00 bits per heavy atom. The molecule has 0 fully saturated rings. The fraction of sp³-hybridized carbons (Fsp3) is 0.263. The van der Waals surface area contributed by atoms with Gasteiger partial charge in [-0.15, -0.1) is 0 Å². The SMILES string of the molecule is COc1ccc(C(=O)COC(=O)[C@H](C)Oc2ccc(Cl)cc2)c(OC)c1. The van der Waals surface area contributed by atoms with Gasteiger partial charge >= 0.3 is 5.97 Å². The van der Waals surface area contributed by atoms with E-state index in [0.717, 1.165) is 0 Å². The van der Waals surface area contributed by atoms with Crippen molar-refractivity contribution >= 4 is 23.4 Å². The fourth-order valence-electron chi connectivity index (χ4n) is 2.13. The second-order valence-electron chi connectivity index (χ2n) is 5.31. The summed E-state index contributed by atoms with van der Waals surface area (Å²) in [5.74, 6) is 0.329. The lowest BCUT2D eigenvalue weighted by molar-refractivity contribution is -0.149. The van der Waals surface area contributed by atoms with Crippen LogP contribution in [0, 0.1) is 0 Å². The van der Waals surface area contributed by atoms with E-state index in [0.29, 0.717) is 27.8 Å². The summed E-state index contributed by atoms with van der Waals surface area (Å²) in [4.78, 5) is 24.3. The number of rotatable bonds is 8. The zero-order valence-corrected chi connectivity index (χ0v) is 15.4. The molecule has 1 atom stereocenters. The smallest absolute Gasteiger partial charge is 0.347 e. The van der Waals surface area contributed by atoms with E-state index in [9.17, 15) is 9.59 Å². The van der Waals surface area contributed by atoms with Gasteiger partial charge in [0.2, 0.25) is 5.78 Å². The minimum atomic E-state index is -0.873. The molecular formula is C19H19ClO6. The highest BCUT2D eigenvalue weighted by atomic mass is 35.5. The van der Waals surface area contributed by atoms with Gasteiger partial charge in [-0.3, -0.25) is 4.79 Å². The quantitative estimate of drug-likeness (QED) is 0.516. The molecule has 0 amide bonds. The second kappa shape index (κ2) is 9.10. The highest BCUT2D eigenvalue weighted by Gasteiger charge is 2.20. The van der Waals surface area contributed by atoms with Gasteiger partial charge in [0.25, 0.3) is 0 Å². The van der Waals surface area contributed by atoms with Crippen molar-refractivity contribution in [3.8, 4) is 17.2 Å². The first-order valence-electron chi connectivity index (χ1n) is 7.78. The molecule has 0 aromatic heterocycles. The van der Waals surface area contributed by atoms with Crippen LogP contribution in [0.3, 0.4) is 0 Å². The van der Waals surface area contributed by atoms with E-state index < -0.39 is 24.5 Å². The molecule has 0 unspecified atom stereocenters. The molecule has 7 heteroatoms. The van der Waals surface area contributed by atoms with Gasteiger partial charge in [-0.2, -0.15) is 0 Å². The predicted molar refractivity (Wildman–Crippen MR) is 96.4 cm³/mol. The summed E-state index contributed by atoms with van der Waals surface area (Å²) < 4.78 is 20.8. The Hall–Kier alpha value is -2.73. The van der Waals surface area contributed by atoms with Crippen LogP contribution in [0.1, 0.15) is 17.3 Å². The van der Waals surface area contributed by atoms with Crippen molar-refractivity contribution < 1.29 is 28.5 Å². The number of ketones is 1. The Labute approximate surface area is 156 Å². The number of ether oxygens (including phenoxy) is 4. The summed E-state index contributed by atoms with van der Waals surface area (Å²) in [7, 11) is 2.96. The number of benzene rings is 2. The molecule has 0 heterocycles. The van der Waals surface area contributed by atoms with Gasteiger partial charge in [-0.1, -0.05) is 11.6 Å². The molecule has 0 aliphatic heterocycles. The van der Waals surface area contributed by atoms with Crippen LogP contribution in [0.15, 0.2) is 42.5 Å². The molecule has 0 bridgehead atoms.